The zero-order valence-corrected chi connectivity index (χ0v) is 10.2. The van der Waals surface area contributed by atoms with E-state index < -0.39 is 0 Å². The molecule has 1 aliphatic carbocycles. The first kappa shape index (κ1) is 11.2. The summed E-state index contributed by atoms with van der Waals surface area (Å²) in [5, 5.41) is 0. The van der Waals surface area contributed by atoms with Gasteiger partial charge in [0.15, 0.2) is 6.29 Å². The van der Waals surface area contributed by atoms with Crippen molar-refractivity contribution in [1.29, 1.82) is 0 Å². The normalized spacial score (nSPS) is 33.8. The second-order valence-electron chi connectivity index (χ2n) is 5.08. The van der Waals surface area contributed by atoms with Crippen LogP contribution in [-0.4, -0.2) is 12.2 Å². The first-order chi connectivity index (χ1) is 8.43. The summed E-state index contributed by atoms with van der Waals surface area (Å²) in [4.78, 5) is 0. The van der Waals surface area contributed by atoms with E-state index >= 15 is 0 Å². The van der Waals surface area contributed by atoms with Crippen molar-refractivity contribution in [2.24, 2.45) is 0 Å². The van der Waals surface area contributed by atoms with Gasteiger partial charge < -0.3 is 9.47 Å². The van der Waals surface area contributed by atoms with Gasteiger partial charge in [-0.05, 0) is 12.8 Å². The predicted octanol–water partition coefficient (Wildman–Crippen LogP) is 3.82. The standard InChI is InChI=1S/C15H20O2/c1-2-7-11-14-13(10-6-1)16-15(17-14)12-8-4-3-5-9-12/h3-5,8-9,13-15H,1-2,6-7,10-11H2. The average Bonchev–Trinajstić information content (AvgIpc) is 2.73. The minimum absolute atomic E-state index is 0.135. The van der Waals surface area contributed by atoms with E-state index in [0.29, 0.717) is 12.2 Å². The summed E-state index contributed by atoms with van der Waals surface area (Å²) >= 11 is 0. The monoisotopic (exact) mass is 232 g/mol. The van der Waals surface area contributed by atoms with Crippen molar-refractivity contribution in [3.8, 4) is 0 Å². The second kappa shape index (κ2) is 5.19. The van der Waals surface area contributed by atoms with E-state index in [4.69, 9.17) is 9.47 Å². The molecule has 3 rings (SSSR count). The molecule has 2 atom stereocenters. The smallest absolute Gasteiger partial charge is 0.184 e. The van der Waals surface area contributed by atoms with Gasteiger partial charge in [-0.3, -0.25) is 0 Å². The fourth-order valence-corrected chi connectivity index (χ4v) is 2.84. The minimum atomic E-state index is -0.135. The summed E-state index contributed by atoms with van der Waals surface area (Å²) in [6.07, 6.45) is 8.09. The fraction of sp³-hybridized carbons (Fsp3) is 0.600. The van der Waals surface area contributed by atoms with Gasteiger partial charge in [0.2, 0.25) is 0 Å². The first-order valence-electron chi connectivity index (χ1n) is 6.79. The highest BCUT2D eigenvalue weighted by Crippen LogP contribution is 2.36. The Kier molecular flexibility index (Phi) is 3.44. The topological polar surface area (TPSA) is 18.5 Å². The van der Waals surface area contributed by atoms with Crippen LogP contribution in [0.1, 0.15) is 50.4 Å². The maximum atomic E-state index is 6.06. The van der Waals surface area contributed by atoms with Gasteiger partial charge in [-0.15, -0.1) is 0 Å². The summed E-state index contributed by atoms with van der Waals surface area (Å²) in [5.41, 5.74) is 1.15. The molecule has 0 radical (unpaired) electrons. The lowest BCUT2D eigenvalue weighted by atomic mass is 9.96. The number of rotatable bonds is 1. The second-order valence-corrected chi connectivity index (χ2v) is 5.08. The maximum absolute atomic E-state index is 6.06. The zero-order valence-electron chi connectivity index (χ0n) is 10.2. The van der Waals surface area contributed by atoms with E-state index in [9.17, 15) is 0 Å². The predicted molar refractivity (Wildman–Crippen MR) is 66.6 cm³/mol. The molecular formula is C15H20O2. The third kappa shape index (κ3) is 2.53. The highest BCUT2D eigenvalue weighted by atomic mass is 16.7. The lowest BCUT2D eigenvalue weighted by Gasteiger charge is -2.19. The van der Waals surface area contributed by atoms with Crippen LogP contribution >= 0.6 is 0 Å². The summed E-state index contributed by atoms with van der Waals surface area (Å²) in [7, 11) is 0. The summed E-state index contributed by atoms with van der Waals surface area (Å²) < 4.78 is 12.1. The van der Waals surface area contributed by atoms with Gasteiger partial charge in [-0.1, -0.05) is 56.0 Å². The summed E-state index contributed by atoms with van der Waals surface area (Å²) in [6, 6.07) is 10.3. The Bertz CT molecular complexity index is 333. The van der Waals surface area contributed by atoms with Crippen LogP contribution in [-0.2, 0) is 9.47 Å². The Morgan fingerprint density at radius 3 is 1.94 bits per heavy atom. The molecule has 2 unspecified atom stereocenters. The van der Waals surface area contributed by atoms with E-state index in [2.05, 4.69) is 12.1 Å². The third-order valence-electron chi connectivity index (χ3n) is 3.81. The molecule has 0 bridgehead atoms. The summed E-state index contributed by atoms with van der Waals surface area (Å²) in [5.74, 6) is 0. The van der Waals surface area contributed by atoms with Gasteiger partial charge in [0, 0.05) is 5.56 Å². The Labute approximate surface area is 103 Å². The van der Waals surface area contributed by atoms with Gasteiger partial charge in [0.25, 0.3) is 0 Å². The van der Waals surface area contributed by atoms with Crippen LogP contribution in [0.2, 0.25) is 0 Å². The molecule has 0 amide bonds. The summed E-state index contributed by atoms with van der Waals surface area (Å²) in [6.45, 7) is 0. The molecule has 1 aromatic rings. The molecule has 0 N–H and O–H groups in total. The molecule has 2 fully saturated rings. The molecule has 2 nitrogen and oxygen atoms in total. The van der Waals surface area contributed by atoms with Gasteiger partial charge >= 0.3 is 0 Å². The molecule has 1 aromatic carbocycles. The zero-order chi connectivity index (χ0) is 11.5. The van der Waals surface area contributed by atoms with Gasteiger partial charge in [0.05, 0.1) is 12.2 Å². The van der Waals surface area contributed by atoms with Crippen LogP contribution in [0.25, 0.3) is 0 Å². The molecule has 0 spiro atoms. The molecule has 92 valence electrons. The van der Waals surface area contributed by atoms with Crippen LogP contribution in [0, 0.1) is 0 Å². The molecule has 2 heteroatoms. The van der Waals surface area contributed by atoms with Crippen LogP contribution in [0.15, 0.2) is 30.3 Å². The number of fused-ring (bicyclic) bond motifs is 1. The fourth-order valence-electron chi connectivity index (χ4n) is 2.84. The average molecular weight is 232 g/mol. The first-order valence-corrected chi connectivity index (χ1v) is 6.79. The Hall–Kier alpha value is -0.860. The van der Waals surface area contributed by atoms with Crippen molar-refractivity contribution in [3.63, 3.8) is 0 Å². The van der Waals surface area contributed by atoms with Gasteiger partial charge in [-0.2, -0.15) is 0 Å². The van der Waals surface area contributed by atoms with Crippen molar-refractivity contribution in [3.05, 3.63) is 35.9 Å². The van der Waals surface area contributed by atoms with Crippen LogP contribution < -0.4 is 0 Å². The highest BCUT2D eigenvalue weighted by molar-refractivity contribution is 5.16. The molecule has 1 heterocycles. The number of ether oxygens (including phenoxy) is 2. The van der Waals surface area contributed by atoms with Gasteiger partial charge in [0.1, 0.15) is 0 Å². The molecular weight excluding hydrogens is 212 g/mol. The minimum Gasteiger partial charge on any atom is -0.342 e. The van der Waals surface area contributed by atoms with E-state index in [1.54, 1.807) is 0 Å². The van der Waals surface area contributed by atoms with E-state index in [-0.39, 0.29) is 6.29 Å². The lowest BCUT2D eigenvalue weighted by molar-refractivity contribution is -0.0699. The molecule has 1 saturated heterocycles. The van der Waals surface area contributed by atoms with Crippen molar-refractivity contribution in [2.45, 2.75) is 57.0 Å². The van der Waals surface area contributed by atoms with Gasteiger partial charge in [-0.25, -0.2) is 0 Å². The Morgan fingerprint density at radius 2 is 1.35 bits per heavy atom. The Morgan fingerprint density at radius 1 is 0.765 bits per heavy atom. The largest absolute Gasteiger partial charge is 0.342 e. The molecule has 1 saturated carbocycles. The van der Waals surface area contributed by atoms with Crippen molar-refractivity contribution < 1.29 is 9.47 Å². The molecule has 2 aliphatic rings. The number of hydrogen-bond donors (Lipinski definition) is 0. The van der Waals surface area contributed by atoms with Crippen LogP contribution in [0.4, 0.5) is 0 Å². The van der Waals surface area contributed by atoms with E-state index in [1.165, 1.54) is 25.7 Å². The highest BCUT2D eigenvalue weighted by Gasteiger charge is 2.36. The number of benzene rings is 1. The molecule has 1 aliphatic heterocycles. The Balaban J connectivity index is 1.70. The van der Waals surface area contributed by atoms with Crippen LogP contribution in [0.5, 0.6) is 0 Å². The lowest BCUT2D eigenvalue weighted by Crippen LogP contribution is -2.23. The van der Waals surface area contributed by atoms with Crippen molar-refractivity contribution >= 4 is 0 Å². The van der Waals surface area contributed by atoms with Crippen LogP contribution in [0.3, 0.4) is 0 Å². The molecule has 17 heavy (non-hydrogen) atoms. The SMILES string of the molecule is c1ccc(C2OC3CCCCCCC3O2)cc1. The van der Waals surface area contributed by atoms with Crippen molar-refractivity contribution in [1.82, 2.24) is 0 Å². The van der Waals surface area contributed by atoms with Crippen molar-refractivity contribution in [2.75, 3.05) is 0 Å². The van der Waals surface area contributed by atoms with E-state index in [1.807, 2.05) is 18.2 Å². The third-order valence-corrected chi connectivity index (χ3v) is 3.81. The maximum Gasteiger partial charge on any atom is 0.184 e. The number of hydrogen-bond acceptors (Lipinski definition) is 2. The van der Waals surface area contributed by atoms with E-state index in [0.717, 1.165) is 18.4 Å². The molecule has 0 aromatic heterocycles. The quantitative estimate of drug-likeness (QED) is 0.732.